The van der Waals surface area contributed by atoms with E-state index >= 15 is 0 Å². The lowest BCUT2D eigenvalue weighted by molar-refractivity contribution is 0.282. The second-order valence-corrected chi connectivity index (χ2v) is 5.76. The van der Waals surface area contributed by atoms with Crippen LogP contribution in [-0.4, -0.2) is 14.8 Å². The number of rotatable bonds is 4. The van der Waals surface area contributed by atoms with Gasteiger partial charge >= 0.3 is 0 Å². The van der Waals surface area contributed by atoms with Crippen molar-refractivity contribution in [3.8, 4) is 5.75 Å². The van der Waals surface area contributed by atoms with Crippen molar-refractivity contribution in [3.05, 3.63) is 41.0 Å². The number of nitrogens with zero attached hydrogens (tertiary/aromatic N) is 3. The van der Waals surface area contributed by atoms with Crippen LogP contribution in [0.15, 0.2) is 18.2 Å². The van der Waals surface area contributed by atoms with Gasteiger partial charge in [0.25, 0.3) is 0 Å². The lowest BCUT2D eigenvalue weighted by Gasteiger charge is -2.17. The molecule has 2 aromatic rings. The fourth-order valence-corrected chi connectivity index (χ4v) is 2.76. The minimum Gasteiger partial charge on any atom is -0.485 e. The number of hydrogen-bond acceptors (Lipinski definition) is 4. The second-order valence-electron chi connectivity index (χ2n) is 5.76. The van der Waals surface area contributed by atoms with Crippen LogP contribution in [0.3, 0.4) is 0 Å². The van der Waals surface area contributed by atoms with Gasteiger partial charge in [-0.3, -0.25) is 0 Å². The normalized spacial score (nSPS) is 15.6. The Hall–Kier alpha value is -1.88. The summed E-state index contributed by atoms with van der Waals surface area (Å²) >= 11 is 0. The summed E-state index contributed by atoms with van der Waals surface area (Å²) in [5, 5.41) is 8.52. The molecule has 0 saturated heterocycles. The summed E-state index contributed by atoms with van der Waals surface area (Å²) in [6, 6.07) is 6.08. The molecule has 0 saturated carbocycles. The Labute approximate surface area is 125 Å². The summed E-state index contributed by atoms with van der Waals surface area (Å²) in [6.45, 7) is 5.46. The predicted molar refractivity (Wildman–Crippen MR) is 81.1 cm³/mol. The van der Waals surface area contributed by atoms with Gasteiger partial charge in [0.05, 0.1) is 0 Å². The molecule has 1 atom stereocenters. The van der Waals surface area contributed by atoms with Crippen LogP contribution in [0.4, 0.5) is 0 Å². The van der Waals surface area contributed by atoms with Crippen LogP contribution < -0.4 is 10.5 Å². The summed E-state index contributed by atoms with van der Waals surface area (Å²) in [7, 11) is 0. The zero-order valence-electron chi connectivity index (χ0n) is 12.7. The Morgan fingerprint density at radius 3 is 3.00 bits per heavy atom. The van der Waals surface area contributed by atoms with Crippen LogP contribution in [-0.2, 0) is 19.6 Å². The van der Waals surface area contributed by atoms with Gasteiger partial charge in [-0.2, -0.15) is 0 Å². The van der Waals surface area contributed by atoms with Crippen LogP contribution in [0.2, 0.25) is 0 Å². The minimum absolute atomic E-state index is 0.0482. The van der Waals surface area contributed by atoms with Crippen molar-refractivity contribution in [2.75, 3.05) is 0 Å². The highest BCUT2D eigenvalue weighted by Gasteiger charge is 2.16. The number of nitrogens with two attached hydrogens (primary N) is 1. The van der Waals surface area contributed by atoms with Crippen molar-refractivity contribution in [3.63, 3.8) is 0 Å². The molecule has 2 N–H and O–H groups in total. The number of benzene rings is 1. The quantitative estimate of drug-likeness (QED) is 0.938. The topological polar surface area (TPSA) is 66.0 Å². The Bertz CT molecular complexity index is 633. The highest BCUT2D eigenvalue weighted by molar-refractivity contribution is 5.38. The van der Waals surface area contributed by atoms with Gasteiger partial charge < -0.3 is 15.0 Å². The largest absolute Gasteiger partial charge is 0.485 e. The number of fused-ring (bicyclic) bond motifs is 1. The van der Waals surface area contributed by atoms with Gasteiger partial charge in [0.15, 0.2) is 5.82 Å². The van der Waals surface area contributed by atoms with Gasteiger partial charge in [0, 0.05) is 24.6 Å². The van der Waals surface area contributed by atoms with E-state index in [0.717, 1.165) is 41.5 Å². The molecule has 0 spiro atoms. The zero-order chi connectivity index (χ0) is 14.8. The molecular weight excluding hydrogens is 264 g/mol. The van der Waals surface area contributed by atoms with Crippen LogP contribution in [0, 0.1) is 6.92 Å². The zero-order valence-corrected chi connectivity index (χ0v) is 12.7. The molecule has 1 aromatic carbocycles. The fourth-order valence-electron chi connectivity index (χ4n) is 2.76. The molecule has 21 heavy (non-hydrogen) atoms. The first kappa shape index (κ1) is 14.1. The minimum atomic E-state index is -0.0482. The van der Waals surface area contributed by atoms with Gasteiger partial charge in [0.1, 0.15) is 18.2 Å². The van der Waals surface area contributed by atoms with Gasteiger partial charge in [-0.15, -0.1) is 10.2 Å². The molecule has 3 rings (SSSR count). The van der Waals surface area contributed by atoms with Crippen LogP contribution >= 0.6 is 0 Å². The van der Waals surface area contributed by atoms with E-state index in [1.54, 1.807) is 0 Å². The van der Waals surface area contributed by atoms with Crippen LogP contribution in [0.5, 0.6) is 5.75 Å². The highest BCUT2D eigenvalue weighted by atomic mass is 16.5. The van der Waals surface area contributed by atoms with Crippen molar-refractivity contribution in [1.82, 2.24) is 14.8 Å². The molecular formula is C16H22N4O. The van der Waals surface area contributed by atoms with Crippen molar-refractivity contribution < 1.29 is 4.74 Å². The van der Waals surface area contributed by atoms with Crippen molar-refractivity contribution in [2.45, 2.75) is 52.3 Å². The molecule has 5 nitrogen and oxygen atoms in total. The van der Waals surface area contributed by atoms with Crippen molar-refractivity contribution in [2.24, 2.45) is 5.73 Å². The van der Waals surface area contributed by atoms with Crippen LogP contribution in [0.25, 0.3) is 0 Å². The summed E-state index contributed by atoms with van der Waals surface area (Å²) in [5.74, 6) is 2.83. The maximum atomic E-state index is 6.01. The lowest BCUT2D eigenvalue weighted by Crippen LogP contribution is -2.15. The number of hydrogen-bond donors (Lipinski definition) is 1. The van der Waals surface area contributed by atoms with E-state index in [0.29, 0.717) is 6.61 Å². The van der Waals surface area contributed by atoms with Gasteiger partial charge in [-0.05, 0) is 38.3 Å². The third-order valence-corrected chi connectivity index (χ3v) is 3.95. The summed E-state index contributed by atoms with van der Waals surface area (Å²) in [4.78, 5) is 0. The second kappa shape index (κ2) is 5.85. The first-order chi connectivity index (χ1) is 10.1. The average Bonchev–Trinajstić information content (AvgIpc) is 2.88. The van der Waals surface area contributed by atoms with E-state index < -0.39 is 0 Å². The molecule has 5 heteroatoms. The smallest absolute Gasteiger partial charge is 0.171 e. The Kier molecular flexibility index (Phi) is 3.92. The third-order valence-electron chi connectivity index (χ3n) is 3.95. The predicted octanol–water partition coefficient (Wildman–Crippen LogP) is 2.52. The lowest BCUT2D eigenvalue weighted by atomic mass is 10.1. The third kappa shape index (κ3) is 2.93. The van der Waals surface area contributed by atoms with Gasteiger partial charge in [0.2, 0.25) is 0 Å². The van der Waals surface area contributed by atoms with Crippen LogP contribution in [0.1, 0.15) is 48.6 Å². The molecule has 0 aliphatic carbocycles. The molecule has 1 aliphatic heterocycles. The first-order valence-electron chi connectivity index (χ1n) is 7.55. The monoisotopic (exact) mass is 286 g/mol. The standard InChI is InChI=1S/C16H22N4O/c1-11-6-7-13(12(2)17)14(9-11)21-10-16-19-18-15-5-3-4-8-20(15)16/h6-7,9,12H,3-5,8,10,17H2,1-2H3. The SMILES string of the molecule is Cc1ccc(C(C)N)c(OCc2nnc3n2CCCC3)c1. The van der Waals surface area contributed by atoms with E-state index in [1.807, 2.05) is 19.1 Å². The van der Waals surface area contributed by atoms with E-state index in [4.69, 9.17) is 10.5 Å². The molecule has 0 amide bonds. The van der Waals surface area contributed by atoms with Crippen molar-refractivity contribution in [1.29, 1.82) is 0 Å². The van der Waals surface area contributed by atoms with Gasteiger partial charge in [-0.1, -0.05) is 12.1 Å². The molecule has 0 radical (unpaired) electrons. The van der Waals surface area contributed by atoms with E-state index in [1.165, 1.54) is 12.8 Å². The maximum Gasteiger partial charge on any atom is 0.171 e. The van der Waals surface area contributed by atoms with Gasteiger partial charge in [-0.25, -0.2) is 0 Å². The summed E-state index contributed by atoms with van der Waals surface area (Å²) in [5.41, 5.74) is 8.20. The molecule has 1 unspecified atom stereocenters. The number of aryl methyl sites for hydroxylation is 2. The maximum absolute atomic E-state index is 6.01. The Morgan fingerprint density at radius 1 is 1.33 bits per heavy atom. The number of ether oxygens (including phenoxy) is 1. The molecule has 0 fully saturated rings. The number of aromatic nitrogens is 3. The summed E-state index contributed by atoms with van der Waals surface area (Å²) < 4.78 is 8.17. The summed E-state index contributed by atoms with van der Waals surface area (Å²) in [6.07, 6.45) is 3.40. The van der Waals surface area contributed by atoms with E-state index in [9.17, 15) is 0 Å². The molecule has 1 aliphatic rings. The van der Waals surface area contributed by atoms with E-state index in [-0.39, 0.29) is 6.04 Å². The van der Waals surface area contributed by atoms with E-state index in [2.05, 4.69) is 27.8 Å². The fraction of sp³-hybridized carbons (Fsp3) is 0.500. The molecule has 0 bridgehead atoms. The molecule has 112 valence electrons. The first-order valence-corrected chi connectivity index (χ1v) is 7.55. The van der Waals surface area contributed by atoms with Crippen molar-refractivity contribution >= 4 is 0 Å². The Morgan fingerprint density at radius 2 is 2.19 bits per heavy atom. The molecule has 1 aromatic heterocycles. The Balaban J connectivity index is 1.79. The molecule has 2 heterocycles. The highest BCUT2D eigenvalue weighted by Crippen LogP contribution is 2.26. The average molecular weight is 286 g/mol.